The van der Waals surface area contributed by atoms with E-state index >= 15 is 0 Å². The summed E-state index contributed by atoms with van der Waals surface area (Å²) in [6.45, 7) is 0.590. The van der Waals surface area contributed by atoms with Gasteiger partial charge in [0.25, 0.3) is 0 Å². The number of nitrogens with zero attached hydrogens (tertiary/aromatic N) is 2. The molecule has 3 N–H and O–H groups in total. The quantitative estimate of drug-likeness (QED) is 0.557. The largest absolute Gasteiger partial charge is 0.492 e. The second-order valence-electron chi connectivity index (χ2n) is 4.18. The van der Waals surface area contributed by atoms with Crippen LogP contribution in [-0.4, -0.2) is 27.5 Å². The van der Waals surface area contributed by atoms with E-state index in [4.69, 9.17) is 10.5 Å². The van der Waals surface area contributed by atoms with Gasteiger partial charge >= 0.3 is 0 Å². The topological polar surface area (TPSA) is 76.8 Å². The Bertz CT molecular complexity index is 708. The molecule has 2 aromatic carbocycles. The second-order valence-corrected chi connectivity index (χ2v) is 5.24. The number of H-pyrrole nitrogens is 1. The van der Waals surface area contributed by atoms with Gasteiger partial charge in [-0.3, -0.25) is 0 Å². The van der Waals surface area contributed by atoms with Gasteiger partial charge in [-0.25, -0.2) is 5.10 Å². The summed E-state index contributed by atoms with van der Waals surface area (Å²) in [5.41, 5.74) is 5.46. The standard InChI is InChI=1S/C14H14N4OS/c15-13-16-14(18-17-13)20-9-8-19-12-7-3-5-10-4-1-2-6-11(10)12/h1-7H,8-9H2,(H3,15,16,17,18). The second kappa shape index (κ2) is 5.83. The van der Waals surface area contributed by atoms with Gasteiger partial charge in [-0.05, 0) is 11.5 Å². The average molecular weight is 286 g/mol. The lowest BCUT2D eigenvalue weighted by Crippen LogP contribution is -2.00. The molecular weight excluding hydrogens is 272 g/mol. The van der Waals surface area contributed by atoms with Gasteiger partial charge in [0, 0.05) is 11.1 Å². The molecule has 0 bridgehead atoms. The maximum Gasteiger partial charge on any atom is 0.216 e. The fraction of sp³-hybridized carbons (Fsp3) is 0.143. The van der Waals surface area contributed by atoms with Crippen LogP contribution in [-0.2, 0) is 0 Å². The Kier molecular flexibility index (Phi) is 3.73. The number of rotatable bonds is 5. The molecule has 1 heterocycles. The highest BCUT2D eigenvalue weighted by molar-refractivity contribution is 7.99. The number of nitrogen functional groups attached to an aromatic ring is 1. The summed E-state index contributed by atoms with van der Waals surface area (Å²) < 4.78 is 5.83. The Morgan fingerprint density at radius 3 is 2.85 bits per heavy atom. The highest BCUT2D eigenvalue weighted by Gasteiger charge is 2.03. The van der Waals surface area contributed by atoms with Gasteiger partial charge in [-0.15, -0.1) is 5.10 Å². The van der Waals surface area contributed by atoms with Crippen LogP contribution in [0.2, 0.25) is 0 Å². The van der Waals surface area contributed by atoms with Crippen LogP contribution in [0.5, 0.6) is 5.75 Å². The zero-order valence-corrected chi connectivity index (χ0v) is 11.6. The number of hydrogen-bond acceptors (Lipinski definition) is 5. The number of nitrogens with one attached hydrogen (secondary N) is 1. The normalized spacial score (nSPS) is 10.8. The molecule has 0 unspecified atom stereocenters. The molecule has 102 valence electrons. The van der Waals surface area contributed by atoms with Crippen LogP contribution < -0.4 is 10.5 Å². The zero-order chi connectivity index (χ0) is 13.8. The number of anilines is 1. The first kappa shape index (κ1) is 12.8. The number of aromatic nitrogens is 3. The molecule has 5 nitrogen and oxygen atoms in total. The number of benzene rings is 2. The Hall–Kier alpha value is -2.21. The average Bonchev–Trinajstić information content (AvgIpc) is 2.89. The van der Waals surface area contributed by atoms with Crippen molar-refractivity contribution in [2.75, 3.05) is 18.1 Å². The maximum atomic E-state index is 5.83. The van der Waals surface area contributed by atoms with Gasteiger partial charge in [0.05, 0.1) is 6.61 Å². The van der Waals surface area contributed by atoms with Gasteiger partial charge in [0.1, 0.15) is 5.75 Å². The minimum atomic E-state index is 0.336. The molecule has 0 fully saturated rings. The monoisotopic (exact) mass is 286 g/mol. The van der Waals surface area contributed by atoms with Crippen molar-refractivity contribution in [1.29, 1.82) is 0 Å². The molecule has 0 saturated heterocycles. The summed E-state index contributed by atoms with van der Waals surface area (Å²) in [6, 6.07) is 14.2. The summed E-state index contributed by atoms with van der Waals surface area (Å²) in [7, 11) is 0. The summed E-state index contributed by atoms with van der Waals surface area (Å²) in [6.07, 6.45) is 0. The van der Waals surface area contributed by atoms with Gasteiger partial charge in [0.2, 0.25) is 11.1 Å². The third-order valence-corrected chi connectivity index (χ3v) is 3.62. The fourth-order valence-electron chi connectivity index (χ4n) is 1.93. The molecule has 3 aromatic rings. The lowest BCUT2D eigenvalue weighted by Gasteiger charge is -2.08. The fourth-order valence-corrected chi connectivity index (χ4v) is 2.55. The van der Waals surface area contributed by atoms with E-state index in [0.29, 0.717) is 17.7 Å². The highest BCUT2D eigenvalue weighted by atomic mass is 32.2. The van der Waals surface area contributed by atoms with E-state index < -0.39 is 0 Å². The highest BCUT2D eigenvalue weighted by Crippen LogP contribution is 2.25. The Morgan fingerprint density at radius 1 is 1.15 bits per heavy atom. The van der Waals surface area contributed by atoms with Crippen molar-refractivity contribution in [2.24, 2.45) is 0 Å². The van der Waals surface area contributed by atoms with Crippen LogP contribution in [0.15, 0.2) is 47.6 Å². The van der Waals surface area contributed by atoms with Crippen molar-refractivity contribution >= 4 is 28.5 Å². The van der Waals surface area contributed by atoms with Crippen molar-refractivity contribution in [3.63, 3.8) is 0 Å². The smallest absolute Gasteiger partial charge is 0.216 e. The Morgan fingerprint density at radius 2 is 2.00 bits per heavy atom. The molecule has 0 spiro atoms. The van der Waals surface area contributed by atoms with Gasteiger partial charge in [-0.2, -0.15) is 4.98 Å². The SMILES string of the molecule is Nc1nc(SCCOc2cccc3ccccc23)n[nH]1. The van der Waals surface area contributed by atoms with Crippen LogP contribution in [0.25, 0.3) is 10.8 Å². The Balaban J connectivity index is 1.60. The minimum Gasteiger partial charge on any atom is -0.492 e. The van der Waals surface area contributed by atoms with Crippen molar-refractivity contribution in [1.82, 2.24) is 15.2 Å². The molecule has 0 amide bonds. The number of ether oxygens (including phenoxy) is 1. The van der Waals surface area contributed by atoms with Crippen molar-refractivity contribution < 1.29 is 4.74 Å². The van der Waals surface area contributed by atoms with Gasteiger partial charge in [-0.1, -0.05) is 48.2 Å². The molecule has 0 aliphatic carbocycles. The van der Waals surface area contributed by atoms with Crippen LogP contribution in [0, 0.1) is 0 Å². The van der Waals surface area contributed by atoms with E-state index in [1.807, 2.05) is 24.3 Å². The minimum absolute atomic E-state index is 0.336. The summed E-state index contributed by atoms with van der Waals surface area (Å²) in [5, 5.41) is 9.51. The van der Waals surface area contributed by atoms with E-state index in [1.165, 1.54) is 17.1 Å². The molecular formula is C14H14N4OS. The van der Waals surface area contributed by atoms with E-state index in [1.54, 1.807) is 0 Å². The molecule has 0 saturated carbocycles. The molecule has 0 aliphatic heterocycles. The van der Waals surface area contributed by atoms with Gasteiger partial charge < -0.3 is 10.5 Å². The predicted molar refractivity (Wildman–Crippen MR) is 81.0 cm³/mol. The molecule has 0 radical (unpaired) electrons. The van der Waals surface area contributed by atoms with Crippen molar-refractivity contribution in [3.8, 4) is 5.75 Å². The molecule has 0 aliphatic rings. The third-order valence-electron chi connectivity index (χ3n) is 2.80. The first-order chi connectivity index (χ1) is 9.83. The Labute approximate surface area is 120 Å². The number of aromatic amines is 1. The number of nitrogens with two attached hydrogens (primary N) is 1. The summed E-state index contributed by atoms with van der Waals surface area (Å²) >= 11 is 1.51. The number of hydrogen-bond donors (Lipinski definition) is 2. The first-order valence-electron chi connectivity index (χ1n) is 6.24. The number of thioether (sulfide) groups is 1. The van der Waals surface area contributed by atoms with Crippen molar-refractivity contribution in [3.05, 3.63) is 42.5 Å². The van der Waals surface area contributed by atoms with E-state index in [-0.39, 0.29) is 0 Å². The van der Waals surface area contributed by atoms with Crippen molar-refractivity contribution in [2.45, 2.75) is 5.16 Å². The molecule has 3 rings (SSSR count). The number of fused-ring (bicyclic) bond motifs is 1. The zero-order valence-electron chi connectivity index (χ0n) is 10.7. The molecule has 0 atom stereocenters. The summed E-state index contributed by atoms with van der Waals surface area (Å²) in [4.78, 5) is 4.02. The molecule has 20 heavy (non-hydrogen) atoms. The van der Waals surface area contributed by atoms with Crippen LogP contribution in [0.4, 0.5) is 5.95 Å². The van der Waals surface area contributed by atoms with Crippen LogP contribution >= 0.6 is 11.8 Å². The lowest BCUT2D eigenvalue weighted by atomic mass is 10.1. The lowest BCUT2D eigenvalue weighted by molar-refractivity contribution is 0.348. The molecule has 6 heteroatoms. The van der Waals surface area contributed by atoms with E-state index in [0.717, 1.165) is 16.9 Å². The van der Waals surface area contributed by atoms with E-state index in [9.17, 15) is 0 Å². The van der Waals surface area contributed by atoms with Crippen LogP contribution in [0.3, 0.4) is 0 Å². The summed E-state index contributed by atoms with van der Waals surface area (Å²) in [5.74, 6) is 2.00. The van der Waals surface area contributed by atoms with Crippen LogP contribution in [0.1, 0.15) is 0 Å². The first-order valence-corrected chi connectivity index (χ1v) is 7.23. The molecule has 1 aromatic heterocycles. The third kappa shape index (κ3) is 2.85. The maximum absolute atomic E-state index is 5.83. The predicted octanol–water partition coefficient (Wildman–Crippen LogP) is 2.71. The van der Waals surface area contributed by atoms with E-state index in [2.05, 4.69) is 33.4 Å². The van der Waals surface area contributed by atoms with Gasteiger partial charge in [0.15, 0.2) is 0 Å².